The van der Waals surface area contributed by atoms with Crippen LogP contribution in [0.5, 0.6) is 0 Å². The van der Waals surface area contributed by atoms with E-state index < -0.39 is 47.5 Å². The maximum atomic E-state index is 13.1. The number of aliphatic hydroxyl groups is 6. The summed E-state index contributed by atoms with van der Waals surface area (Å²) in [4.78, 5) is 12.6. The molecule has 0 radical (unpaired) electrons. The highest BCUT2D eigenvalue weighted by atomic mass is 16.5. The molecule has 1 spiro atoms. The molecule has 11 heteroatoms. The first-order valence-electron chi connectivity index (χ1n) is 25.3. The minimum atomic E-state index is -1.30. The van der Waals surface area contributed by atoms with Crippen LogP contribution in [0.15, 0.2) is 125 Å². The van der Waals surface area contributed by atoms with Crippen LogP contribution in [0.25, 0.3) is 0 Å². The van der Waals surface area contributed by atoms with Crippen LogP contribution in [0.4, 0.5) is 0 Å². The smallest absolute Gasteiger partial charge is 0.145 e. The van der Waals surface area contributed by atoms with Gasteiger partial charge < -0.3 is 45.4 Å². The number of carbonyl (C=O) groups excluding carboxylic acids is 1. The van der Waals surface area contributed by atoms with E-state index in [9.17, 15) is 35.4 Å². The average molecular weight is 951 g/mol. The zero-order valence-electron chi connectivity index (χ0n) is 41.9. The van der Waals surface area contributed by atoms with E-state index in [-0.39, 0.29) is 49.4 Å². The van der Waals surface area contributed by atoms with Gasteiger partial charge in [0.05, 0.1) is 31.5 Å². The van der Waals surface area contributed by atoms with Gasteiger partial charge in [-0.1, -0.05) is 109 Å². The van der Waals surface area contributed by atoms with E-state index >= 15 is 0 Å². The van der Waals surface area contributed by atoms with Gasteiger partial charge in [0.1, 0.15) is 18.6 Å². The molecule has 1 heterocycles. The Balaban J connectivity index is 1.40. The second-order valence-electron chi connectivity index (χ2n) is 20.8. The Labute approximate surface area is 411 Å². The molecule has 1 aliphatic heterocycles. The van der Waals surface area contributed by atoms with E-state index in [4.69, 9.17) is 16.1 Å². The van der Waals surface area contributed by atoms with Gasteiger partial charge in [-0.05, 0) is 156 Å². The number of allylic oxidation sites excluding steroid dienone is 9. The summed E-state index contributed by atoms with van der Waals surface area (Å²) in [5.41, 5.74) is 4.96. The molecule has 4 bridgehead atoms. The molecule has 2 aromatic carbocycles. The third-order valence-corrected chi connectivity index (χ3v) is 16.3. The van der Waals surface area contributed by atoms with Crippen LogP contribution in [0.3, 0.4) is 0 Å². The average Bonchev–Trinajstić information content (AvgIpc) is 3.69. The predicted molar refractivity (Wildman–Crippen MR) is 273 cm³/mol. The largest absolute Gasteiger partial charge is 0.396 e. The minimum Gasteiger partial charge on any atom is -0.396 e. The lowest BCUT2D eigenvalue weighted by Crippen LogP contribution is -2.65. The number of hydrogen-bond donors (Lipinski definition) is 8. The topological polar surface area (TPSA) is 181 Å². The fraction of sp³-hybridized carbons (Fsp3) is 0.569. The number of aliphatic hydroxyl groups excluding tert-OH is 5. The number of fused-ring (bicyclic) bond motifs is 5. The van der Waals surface area contributed by atoms with Gasteiger partial charge in [0.15, 0.2) is 0 Å². The monoisotopic (exact) mass is 951 g/mol. The molecule has 11 nitrogen and oxygen atoms in total. The summed E-state index contributed by atoms with van der Waals surface area (Å²) >= 11 is 0. The van der Waals surface area contributed by atoms with Crippen LogP contribution in [-0.2, 0) is 27.1 Å². The zero-order valence-corrected chi connectivity index (χ0v) is 41.9. The molecule has 0 amide bonds. The molecule has 0 saturated heterocycles. The van der Waals surface area contributed by atoms with E-state index in [1.165, 1.54) is 16.7 Å². The summed E-state index contributed by atoms with van der Waals surface area (Å²) in [5, 5.41) is 74.8. The molecule has 6 rings (SSSR count). The lowest BCUT2D eigenvalue weighted by molar-refractivity contribution is -0.194. The molecule has 12 atom stereocenters. The van der Waals surface area contributed by atoms with Crippen molar-refractivity contribution in [2.45, 2.75) is 120 Å². The molecule has 0 unspecified atom stereocenters. The van der Waals surface area contributed by atoms with Crippen LogP contribution < -0.4 is 10.6 Å². The van der Waals surface area contributed by atoms with Gasteiger partial charge >= 0.3 is 0 Å². The number of aryl methyl sites for hydroxylation is 1. The van der Waals surface area contributed by atoms with Gasteiger partial charge in [-0.15, -0.1) is 0 Å². The van der Waals surface area contributed by atoms with E-state index in [0.29, 0.717) is 63.7 Å². The maximum Gasteiger partial charge on any atom is 0.145 e. The van der Waals surface area contributed by atoms with Crippen LogP contribution in [0.2, 0.25) is 0 Å². The van der Waals surface area contributed by atoms with E-state index in [1.807, 2.05) is 45.2 Å². The number of hydrogen-bond acceptors (Lipinski definition) is 11. The summed E-state index contributed by atoms with van der Waals surface area (Å²) in [7, 11) is 3.56. The summed E-state index contributed by atoms with van der Waals surface area (Å²) in [6.07, 6.45) is 16.2. The highest BCUT2D eigenvalue weighted by Gasteiger charge is 2.68. The number of nitrogens with one attached hydrogen (secondary N) is 2. The van der Waals surface area contributed by atoms with E-state index in [1.54, 1.807) is 7.11 Å². The number of rotatable bonds is 21. The second-order valence-corrected chi connectivity index (χ2v) is 20.8. The lowest BCUT2D eigenvalue weighted by atomic mass is 9.45. The van der Waals surface area contributed by atoms with Gasteiger partial charge in [0.2, 0.25) is 0 Å². The lowest BCUT2D eigenvalue weighted by Gasteiger charge is -2.61. The first-order valence-corrected chi connectivity index (χ1v) is 25.3. The first-order chi connectivity index (χ1) is 33.2. The Morgan fingerprint density at radius 3 is 2.55 bits per heavy atom. The fourth-order valence-corrected chi connectivity index (χ4v) is 12.6. The van der Waals surface area contributed by atoms with Gasteiger partial charge in [0, 0.05) is 43.1 Å². The number of aldehydes is 1. The summed E-state index contributed by atoms with van der Waals surface area (Å²) in [6.45, 7) is 11.2. The number of carbonyl (C=O) groups is 1. The van der Waals surface area contributed by atoms with Crippen molar-refractivity contribution in [1.82, 2.24) is 10.6 Å². The van der Waals surface area contributed by atoms with Crippen LogP contribution in [-0.4, -0.2) is 120 Å². The normalized spacial score (nSPS) is 33.7. The van der Waals surface area contributed by atoms with Crippen molar-refractivity contribution in [3.8, 4) is 0 Å². The van der Waals surface area contributed by atoms with Crippen molar-refractivity contribution in [1.29, 1.82) is 0 Å². The Bertz CT molecular complexity index is 2170. The first kappa shape index (κ1) is 54.5. The Kier molecular flexibility index (Phi) is 19.7. The van der Waals surface area contributed by atoms with Crippen LogP contribution in [0, 0.1) is 35.0 Å². The van der Waals surface area contributed by atoms with Crippen molar-refractivity contribution in [3.63, 3.8) is 0 Å². The van der Waals surface area contributed by atoms with Gasteiger partial charge in [-0.2, -0.15) is 0 Å². The molecule has 378 valence electrons. The van der Waals surface area contributed by atoms with Gasteiger partial charge in [-0.3, -0.25) is 10.1 Å². The van der Waals surface area contributed by atoms with Gasteiger partial charge in [0.25, 0.3) is 0 Å². The van der Waals surface area contributed by atoms with Crippen LogP contribution in [0.1, 0.15) is 94.7 Å². The number of methoxy groups -OCH3 is 1. The molecule has 2 fully saturated rings. The second kappa shape index (κ2) is 25.0. The Hall–Kier alpha value is -3.85. The summed E-state index contributed by atoms with van der Waals surface area (Å²) in [6, 6.07) is 19.4. The molecular formula is C58H82N2O9. The van der Waals surface area contributed by atoms with Crippen molar-refractivity contribution in [2.24, 2.45) is 35.0 Å². The summed E-state index contributed by atoms with van der Waals surface area (Å²) < 4.78 is 11.6. The molecule has 2 aromatic rings. The Morgan fingerprint density at radius 1 is 1.06 bits per heavy atom. The van der Waals surface area contributed by atoms with Crippen LogP contribution >= 0.6 is 0 Å². The van der Waals surface area contributed by atoms with Crippen molar-refractivity contribution in [3.05, 3.63) is 142 Å². The highest BCUT2D eigenvalue weighted by molar-refractivity contribution is 5.74. The predicted octanol–water partition coefficient (Wildman–Crippen LogP) is 6.84. The van der Waals surface area contributed by atoms with E-state index in [0.717, 1.165) is 47.8 Å². The molecular weight excluding hydrogens is 869 g/mol. The minimum absolute atomic E-state index is 0.0544. The van der Waals surface area contributed by atoms with Crippen molar-refractivity contribution in [2.75, 3.05) is 53.7 Å². The fourth-order valence-electron chi connectivity index (χ4n) is 12.6. The maximum absolute atomic E-state index is 13.1. The molecule has 69 heavy (non-hydrogen) atoms. The molecule has 0 aromatic heterocycles. The zero-order chi connectivity index (χ0) is 49.8. The molecule has 4 aliphatic rings. The SMILES string of the molecule is C=C(/C=C/C=C(/COC[C@H](O)CO)[C@@H]1CC[C@]2([C@@H]1O)[C@@H]1C(=C(C)C=O)[C@@H](C=C[C@@H]1CCO)C[C@]2(O)CCNC)[C@@H]1C/C=C(\C)[C@@H](O)N[C@](C)(CCOC)Cc2cccc(c2)[C@H]1CCc1ccccc1. The third kappa shape index (κ3) is 12.6. The highest BCUT2D eigenvalue weighted by Crippen LogP contribution is 2.67. The summed E-state index contributed by atoms with van der Waals surface area (Å²) in [5.74, 6) is -1.19. The van der Waals surface area contributed by atoms with E-state index in [2.05, 4.69) is 84.3 Å². The quantitative estimate of drug-likeness (QED) is 0.0284. The number of ether oxygens (including phenoxy) is 2. The van der Waals surface area contributed by atoms with Crippen molar-refractivity contribution < 1.29 is 44.9 Å². The molecule has 2 saturated carbocycles. The van der Waals surface area contributed by atoms with Gasteiger partial charge in [-0.25, -0.2) is 0 Å². The molecule has 8 N–H and O–H groups in total. The third-order valence-electron chi connectivity index (χ3n) is 16.3. The number of benzene rings is 2. The Morgan fingerprint density at radius 2 is 1.84 bits per heavy atom. The van der Waals surface area contributed by atoms with Crippen molar-refractivity contribution >= 4 is 6.29 Å². The standard InChI is InChI=1S/C58H82N2O9/c1-39(49-22-18-40(2)55(66)60-56(4,28-31-68-6)33-43-15-11-16-45(32-43)50(49)23-19-42-13-8-7-9-14-42)12-10-17-47(37-69-38-48(64)36-63)51-24-26-58(54(51)65)53-44(25-30-61)20-21-46(52(53)41(3)35-62)34-57(58,67)27-29-59-5/h7-18,20-21,32,35,44,46,48-51,53-55,59-61,63-67H,1,19,22-31,33-34,36-38H2,2-6H3/b12-10+,40-18+,47-17-,52-41?/t44-,46+,48-,49+,50-,51+,53+,54-,55-,56-,57-,58-/m1/s1. The molecule has 3 aliphatic carbocycles.